The van der Waals surface area contributed by atoms with Crippen molar-refractivity contribution >= 4 is 28.1 Å². The van der Waals surface area contributed by atoms with Gasteiger partial charge in [-0.15, -0.1) is 0 Å². The molecule has 0 saturated carbocycles. The van der Waals surface area contributed by atoms with Crippen molar-refractivity contribution in [3.63, 3.8) is 0 Å². The maximum Gasteiger partial charge on any atom is 0.245 e. The van der Waals surface area contributed by atoms with Crippen molar-refractivity contribution < 1.29 is 43.4 Å². The molecule has 234 valence electrons. The van der Waals surface area contributed by atoms with Crippen molar-refractivity contribution in [1.82, 2.24) is 39.0 Å². The molecule has 2 unspecified atom stereocenters. The number of imidazole rings is 2. The van der Waals surface area contributed by atoms with E-state index in [-0.39, 0.29) is 11.7 Å². The molecule has 2 fully saturated rings. The number of aromatic nitrogens is 8. The van der Waals surface area contributed by atoms with E-state index in [1.165, 1.54) is 69.2 Å². The van der Waals surface area contributed by atoms with Gasteiger partial charge in [0.2, 0.25) is 5.88 Å². The fourth-order valence-corrected chi connectivity index (χ4v) is 5.25. The van der Waals surface area contributed by atoms with Gasteiger partial charge >= 0.3 is 0 Å². The van der Waals surface area contributed by atoms with Crippen LogP contribution in [0.4, 0.5) is 14.6 Å². The fourth-order valence-electron chi connectivity index (χ4n) is 5.25. The first kappa shape index (κ1) is 30.8. The molecule has 4 aromatic heterocycles. The van der Waals surface area contributed by atoms with Crippen molar-refractivity contribution in [3.05, 3.63) is 25.3 Å². The van der Waals surface area contributed by atoms with Crippen LogP contribution in [0.5, 0.6) is 5.88 Å². The van der Waals surface area contributed by atoms with E-state index in [9.17, 15) is 20.4 Å². The topological polar surface area (TPSA) is 222 Å². The molecule has 16 nitrogen and oxygen atoms in total. The molecule has 18 heteroatoms. The number of nitrogens with two attached hydrogens (primary N) is 1. The number of hydrogen-bond donors (Lipinski definition) is 5. The van der Waals surface area contributed by atoms with Crippen LogP contribution >= 0.6 is 0 Å². The normalized spacial score (nSPS) is 35.8. The van der Waals surface area contributed by atoms with Gasteiger partial charge < -0.3 is 40.4 Å². The second-order valence-electron chi connectivity index (χ2n) is 11.1. The van der Waals surface area contributed by atoms with Crippen LogP contribution in [0.3, 0.4) is 0 Å². The number of methoxy groups -OCH3 is 1. The molecule has 0 aliphatic carbocycles. The molecule has 2 aliphatic heterocycles. The number of anilines is 1. The number of fused-ring (bicyclic) bond motifs is 2. The van der Waals surface area contributed by atoms with Gasteiger partial charge in [0.05, 0.1) is 33.0 Å². The maximum absolute atomic E-state index is 15.2. The third kappa shape index (κ3) is 4.47. The minimum absolute atomic E-state index is 0.169. The smallest absolute Gasteiger partial charge is 0.245 e. The minimum Gasteiger partial charge on any atom is -0.479 e. The highest BCUT2D eigenvalue weighted by molar-refractivity contribution is 5.81. The summed E-state index contributed by atoms with van der Waals surface area (Å²) >= 11 is 0. The van der Waals surface area contributed by atoms with Gasteiger partial charge in [0, 0.05) is 0 Å². The predicted molar refractivity (Wildman–Crippen MR) is 144 cm³/mol. The highest BCUT2D eigenvalue weighted by Gasteiger charge is 2.64. The van der Waals surface area contributed by atoms with Crippen LogP contribution < -0.4 is 10.5 Å². The van der Waals surface area contributed by atoms with Crippen molar-refractivity contribution in [3.8, 4) is 5.88 Å². The van der Waals surface area contributed by atoms with Crippen molar-refractivity contribution in [2.45, 2.75) is 74.9 Å². The quantitative estimate of drug-likeness (QED) is 0.201. The molecule has 8 atom stereocenters. The molecular formula is C25H33F2N9O7. The first-order valence-corrected chi connectivity index (χ1v) is 13.1. The Labute approximate surface area is 243 Å². The Morgan fingerprint density at radius 2 is 1.23 bits per heavy atom. The summed E-state index contributed by atoms with van der Waals surface area (Å²) in [5.74, 6) is 0.426. The lowest BCUT2D eigenvalue weighted by Gasteiger charge is -2.32. The SMILES string of the molecule is COc1ncnc2c1ncn2C1O[C@H](CO)[C@](C)(O)[C@@]1(C)F.C[C@]1(F)C(n2cnc3c(N)ncnc32)O[C@H](CO)[C@]1(C)O. The number of aliphatic hydroxyl groups excluding tert-OH is 2. The summed E-state index contributed by atoms with van der Waals surface area (Å²) in [6.45, 7) is 4.00. The number of nitrogen functional groups attached to an aromatic ring is 1. The van der Waals surface area contributed by atoms with E-state index in [0.29, 0.717) is 22.3 Å². The van der Waals surface area contributed by atoms with E-state index in [2.05, 4.69) is 29.9 Å². The van der Waals surface area contributed by atoms with E-state index in [1.807, 2.05) is 0 Å². The monoisotopic (exact) mass is 609 g/mol. The molecule has 0 radical (unpaired) electrons. The number of ether oxygens (including phenoxy) is 3. The Balaban J connectivity index is 0.000000171. The van der Waals surface area contributed by atoms with Crippen LogP contribution in [0.1, 0.15) is 40.2 Å². The van der Waals surface area contributed by atoms with E-state index in [4.69, 9.17) is 19.9 Å². The van der Waals surface area contributed by atoms with E-state index >= 15 is 8.78 Å². The molecule has 0 amide bonds. The second kappa shape index (κ2) is 10.5. The van der Waals surface area contributed by atoms with Crippen LogP contribution in [0.25, 0.3) is 22.3 Å². The summed E-state index contributed by atoms with van der Waals surface area (Å²) in [5.41, 5.74) is -1.06. The van der Waals surface area contributed by atoms with Crippen LogP contribution in [0, 0.1) is 0 Å². The Kier molecular flexibility index (Phi) is 7.51. The van der Waals surface area contributed by atoms with Crippen molar-refractivity contribution in [2.75, 3.05) is 26.1 Å². The largest absolute Gasteiger partial charge is 0.479 e. The molecule has 43 heavy (non-hydrogen) atoms. The zero-order chi connectivity index (χ0) is 31.5. The van der Waals surface area contributed by atoms with Gasteiger partial charge in [-0.3, -0.25) is 9.13 Å². The van der Waals surface area contributed by atoms with Gasteiger partial charge in [0.1, 0.15) is 41.6 Å². The first-order valence-electron chi connectivity index (χ1n) is 13.1. The second-order valence-corrected chi connectivity index (χ2v) is 11.1. The molecule has 0 aromatic carbocycles. The molecule has 4 aromatic rings. The van der Waals surface area contributed by atoms with Gasteiger partial charge in [-0.25, -0.2) is 33.7 Å². The number of alkyl halides is 2. The number of nitrogens with zero attached hydrogens (tertiary/aromatic N) is 8. The zero-order valence-corrected chi connectivity index (χ0v) is 24.0. The Hall–Kier alpha value is -3.68. The molecule has 6 heterocycles. The average molecular weight is 610 g/mol. The third-order valence-corrected chi connectivity index (χ3v) is 8.49. The molecule has 0 spiro atoms. The van der Waals surface area contributed by atoms with Crippen LogP contribution in [-0.2, 0) is 9.47 Å². The maximum atomic E-state index is 15.2. The summed E-state index contributed by atoms with van der Waals surface area (Å²) in [7, 11) is 1.44. The fraction of sp³-hybridized carbons (Fsp3) is 0.600. The summed E-state index contributed by atoms with van der Waals surface area (Å²) in [6.07, 6.45) is 0.679. The number of halogens is 2. The summed E-state index contributed by atoms with van der Waals surface area (Å²) < 4.78 is 49.0. The molecule has 2 saturated heterocycles. The van der Waals surface area contributed by atoms with Gasteiger partial charge in [-0.05, 0) is 27.7 Å². The summed E-state index contributed by atoms with van der Waals surface area (Å²) in [5, 5.41) is 39.3. The third-order valence-electron chi connectivity index (χ3n) is 8.49. The molecular weight excluding hydrogens is 576 g/mol. The van der Waals surface area contributed by atoms with E-state index < -0.39 is 60.4 Å². The van der Waals surface area contributed by atoms with Crippen LogP contribution in [-0.4, -0.2) is 115 Å². The van der Waals surface area contributed by atoms with Gasteiger partial charge in [0.25, 0.3) is 0 Å². The predicted octanol–water partition coefficient (Wildman–Crippen LogP) is -0.0188. The van der Waals surface area contributed by atoms with Crippen molar-refractivity contribution in [1.29, 1.82) is 0 Å². The lowest BCUT2D eigenvalue weighted by atomic mass is 9.85. The molecule has 6 N–H and O–H groups in total. The van der Waals surface area contributed by atoms with Gasteiger partial charge in [0.15, 0.2) is 46.4 Å². The minimum atomic E-state index is -2.16. The Morgan fingerprint density at radius 1 is 0.791 bits per heavy atom. The van der Waals surface area contributed by atoms with Crippen LogP contribution in [0.2, 0.25) is 0 Å². The lowest BCUT2D eigenvalue weighted by molar-refractivity contribution is -0.0892. The summed E-state index contributed by atoms with van der Waals surface area (Å²) in [4.78, 5) is 24.0. The number of rotatable bonds is 5. The first-order chi connectivity index (χ1) is 20.1. The van der Waals surface area contributed by atoms with Gasteiger partial charge in [-0.2, -0.15) is 4.98 Å². The highest BCUT2D eigenvalue weighted by Crippen LogP contribution is 2.49. The van der Waals surface area contributed by atoms with E-state index in [1.54, 1.807) is 0 Å². The molecule has 0 bridgehead atoms. The zero-order valence-electron chi connectivity index (χ0n) is 24.0. The highest BCUT2D eigenvalue weighted by atomic mass is 19.1. The molecule has 6 rings (SSSR count). The Bertz CT molecular complexity index is 1630. The standard InChI is InChI=1S/C13H17FN4O4.C12H16FN5O3/c1-12(14)11(22-7(4-19)13(12,2)20)18-6-17-8-9(18)15-5-16-10(8)21-3;1-11(13)10(21-6(3-19)12(11,2)20)18-5-17-7-8(14)15-4-16-9(7)18/h5-7,11,19-20H,4H2,1-3H3;4-6,10,19-20H,3H2,1-2H3,(H2,14,15,16)/t7-,11?,12+,13+;6-,10?,11+,12+/m11/s1. The van der Waals surface area contributed by atoms with Gasteiger partial charge in [-0.1, -0.05) is 0 Å². The Morgan fingerprint density at radius 3 is 1.67 bits per heavy atom. The average Bonchev–Trinajstić information content (AvgIpc) is 3.66. The number of hydrogen-bond acceptors (Lipinski definition) is 14. The van der Waals surface area contributed by atoms with Crippen LogP contribution in [0.15, 0.2) is 25.3 Å². The number of aliphatic hydroxyl groups is 4. The van der Waals surface area contributed by atoms with Crippen molar-refractivity contribution in [2.24, 2.45) is 0 Å². The van der Waals surface area contributed by atoms with E-state index in [0.717, 1.165) is 0 Å². The molecule has 2 aliphatic rings. The summed E-state index contributed by atoms with van der Waals surface area (Å²) in [6, 6.07) is 0. The lowest BCUT2D eigenvalue weighted by Crippen LogP contribution is -2.51.